The predicted molar refractivity (Wildman–Crippen MR) is 397 cm³/mol. The van der Waals surface area contributed by atoms with Gasteiger partial charge in [-0.3, -0.25) is 14.7 Å². The zero-order valence-corrected chi connectivity index (χ0v) is 59.3. The van der Waals surface area contributed by atoms with Crippen molar-refractivity contribution < 1.29 is 37.3 Å². The lowest BCUT2D eigenvalue weighted by Crippen LogP contribution is -2.41. The van der Waals surface area contributed by atoms with E-state index in [1.165, 1.54) is 93.7 Å². The number of aromatic nitrogens is 4. The van der Waals surface area contributed by atoms with Crippen LogP contribution in [-0.2, 0) is 48.1 Å². The summed E-state index contributed by atoms with van der Waals surface area (Å²) in [5, 5.41) is 11.1. The van der Waals surface area contributed by atoms with E-state index in [9.17, 15) is 14.0 Å². The third-order valence-electron chi connectivity index (χ3n) is 20.7. The molecule has 7 aromatic carbocycles. The van der Waals surface area contributed by atoms with E-state index in [4.69, 9.17) is 69.8 Å². The summed E-state index contributed by atoms with van der Waals surface area (Å²) in [5.41, 5.74) is 17.3. The Morgan fingerprint density at radius 1 is 0.535 bits per heavy atom. The molecule has 101 heavy (non-hydrogen) atoms. The van der Waals surface area contributed by atoms with Crippen LogP contribution in [0.15, 0.2) is 168 Å². The van der Waals surface area contributed by atoms with Gasteiger partial charge in [0.25, 0.3) is 0 Å². The van der Waals surface area contributed by atoms with Gasteiger partial charge in [0.2, 0.25) is 6.79 Å². The molecule has 10 heterocycles. The molecule has 2 amide bonds. The molecular formula is C81H79Cl4FN8O7. The van der Waals surface area contributed by atoms with Crippen molar-refractivity contribution >= 4 is 102 Å². The SMILES string of the molecule is CCOC(=O)N1CCc2c([nH]c3ccc(Cl)cc23)C1Cc1ccccc1.CCOC(=O)N1CCc2c([nH]c3ccc(F)cc23)C1c1ccc(Cl)cc1.Clc1ccc2[nH]c3c(c2c1)CCN(Cc1ccco1)C3C1CCCCC1.Clc1ccc2[nH]c3c(c2c1)CCNC3c1ccc2c(c1)OCO2. The van der Waals surface area contributed by atoms with Gasteiger partial charge >= 0.3 is 12.2 Å². The zero-order chi connectivity index (χ0) is 69.3. The normalized spacial score (nSPS) is 18.5. The van der Waals surface area contributed by atoms with Gasteiger partial charge in [0.15, 0.2) is 11.5 Å². The van der Waals surface area contributed by atoms with Crippen LogP contribution in [0.4, 0.5) is 14.0 Å². The fourth-order valence-corrected chi connectivity index (χ4v) is 16.8. The molecule has 15 nitrogen and oxygen atoms in total. The van der Waals surface area contributed by atoms with E-state index in [0.29, 0.717) is 50.6 Å². The number of H-pyrrole nitrogens is 4. The lowest BCUT2D eigenvalue weighted by Gasteiger charge is -2.41. The number of amides is 2. The first-order valence-electron chi connectivity index (χ1n) is 35.1. The van der Waals surface area contributed by atoms with E-state index in [0.717, 1.165) is 133 Å². The van der Waals surface area contributed by atoms with Gasteiger partial charge in [0.1, 0.15) is 17.6 Å². The Morgan fingerprint density at radius 2 is 1.09 bits per heavy atom. The molecule has 4 atom stereocenters. The monoisotopic (exact) mass is 1430 g/mol. The first kappa shape index (κ1) is 67.9. The number of ether oxygens (including phenoxy) is 4. The van der Waals surface area contributed by atoms with Crippen molar-refractivity contribution in [1.82, 2.24) is 40.0 Å². The topological polar surface area (TPSA) is 169 Å². The Balaban J connectivity index is 0.000000109. The van der Waals surface area contributed by atoms with Crippen LogP contribution in [0.3, 0.4) is 0 Å². The van der Waals surface area contributed by atoms with Gasteiger partial charge in [-0.2, -0.15) is 0 Å². The number of fused-ring (bicyclic) bond motifs is 13. The average Bonchev–Trinajstić information content (AvgIpc) is 1.65. The molecule has 20 heteroatoms. The van der Waals surface area contributed by atoms with Crippen LogP contribution in [-0.4, -0.2) is 93.0 Å². The summed E-state index contributed by atoms with van der Waals surface area (Å²) in [6, 6.07) is 50.9. The van der Waals surface area contributed by atoms with Crippen LogP contribution in [0.25, 0.3) is 43.6 Å². The number of furan rings is 1. The summed E-state index contributed by atoms with van der Waals surface area (Å²) in [7, 11) is 0. The minimum absolute atomic E-state index is 0.0774. The van der Waals surface area contributed by atoms with E-state index in [-0.39, 0.29) is 36.1 Å². The fourth-order valence-electron chi connectivity index (χ4n) is 16.1. The summed E-state index contributed by atoms with van der Waals surface area (Å²) in [6.45, 7) is 8.67. The highest BCUT2D eigenvalue weighted by atomic mass is 35.5. The van der Waals surface area contributed by atoms with Crippen LogP contribution in [0.2, 0.25) is 20.1 Å². The van der Waals surface area contributed by atoms with E-state index < -0.39 is 0 Å². The second-order valence-corrected chi connectivity index (χ2v) is 28.4. The van der Waals surface area contributed by atoms with Crippen molar-refractivity contribution in [3.8, 4) is 11.5 Å². The van der Waals surface area contributed by atoms with Crippen molar-refractivity contribution in [1.29, 1.82) is 0 Å². The van der Waals surface area contributed by atoms with Gasteiger partial charge in [-0.15, -0.1) is 0 Å². The lowest BCUT2D eigenvalue weighted by atomic mass is 9.79. The molecule has 5 aliphatic heterocycles. The molecule has 0 spiro atoms. The molecule has 18 rings (SSSR count). The molecule has 6 aliphatic rings. The van der Waals surface area contributed by atoms with Gasteiger partial charge in [-0.1, -0.05) is 114 Å². The molecule has 520 valence electrons. The Hall–Kier alpha value is -8.87. The summed E-state index contributed by atoms with van der Waals surface area (Å²) < 4.78 is 40.9. The minimum atomic E-state index is -0.358. The maximum Gasteiger partial charge on any atom is 0.410 e. The van der Waals surface area contributed by atoms with Crippen molar-refractivity contribution in [2.75, 3.05) is 46.2 Å². The largest absolute Gasteiger partial charge is 0.468 e. The maximum atomic E-state index is 13.7. The Bertz CT molecular complexity index is 4950. The van der Waals surface area contributed by atoms with Crippen LogP contribution >= 0.6 is 46.4 Å². The summed E-state index contributed by atoms with van der Waals surface area (Å²) >= 11 is 24.7. The number of nitrogens with one attached hydrogen (secondary N) is 5. The highest BCUT2D eigenvalue weighted by molar-refractivity contribution is 6.32. The maximum absolute atomic E-state index is 13.7. The van der Waals surface area contributed by atoms with Crippen molar-refractivity contribution in [3.63, 3.8) is 0 Å². The number of rotatable bonds is 9. The first-order chi connectivity index (χ1) is 49.3. The molecule has 1 saturated carbocycles. The second kappa shape index (κ2) is 30.0. The molecule has 0 radical (unpaired) electrons. The number of nitrogens with zero attached hydrogens (tertiary/aromatic N) is 3. The van der Waals surface area contributed by atoms with Gasteiger partial charge in [0.05, 0.1) is 44.1 Å². The van der Waals surface area contributed by atoms with E-state index in [2.05, 4.69) is 72.6 Å². The summed E-state index contributed by atoms with van der Waals surface area (Å²) in [6.07, 6.45) is 12.2. The molecule has 0 saturated heterocycles. The highest BCUT2D eigenvalue weighted by Crippen LogP contribution is 2.46. The standard InChI is InChI=1S/C22H25ClN2O.C21H21ClN2O2.C20H18ClFN2O2.C18H15ClN2O2/c23-16-8-9-20-19(13-16)18-10-11-25(14-17-7-4-12-26-17)22(21(18)24-20)15-5-2-1-3-6-15;1-2-26-21(25)24-11-10-16-17-13-15(22)8-9-18(17)23-20(16)19(24)12-14-6-4-3-5-7-14;1-2-26-20(25)24-10-9-15-16-11-14(22)7-8-17(16)23-18(15)19(24)12-3-5-13(21)6-4-12;19-11-2-3-14-13(8-11)12-5-6-20-17(18(12)21-14)10-1-4-15-16(7-10)23-9-22-15/h4,7-9,12-13,15,22,24H,1-3,5-6,10-11,14H2;3-9,13,19,23H,2,10-12H2,1H3;3-8,11,19,23H,2,9-10H2,1H3;1-4,7-8,17,20-21H,5-6,9H2. The number of benzene rings is 7. The number of carbonyl (C=O) groups is 2. The Labute approximate surface area is 605 Å². The van der Waals surface area contributed by atoms with Gasteiger partial charge in [-0.05, 0) is 213 Å². The van der Waals surface area contributed by atoms with Crippen molar-refractivity contribution in [2.45, 2.75) is 109 Å². The average molecular weight is 1440 g/mol. The Morgan fingerprint density at radius 3 is 1.75 bits per heavy atom. The third kappa shape index (κ3) is 14.2. The van der Waals surface area contributed by atoms with Crippen LogP contribution < -0.4 is 14.8 Å². The van der Waals surface area contributed by atoms with Crippen molar-refractivity contribution in [3.05, 3.63) is 257 Å². The van der Waals surface area contributed by atoms with Crippen molar-refractivity contribution in [2.24, 2.45) is 5.92 Å². The first-order valence-corrected chi connectivity index (χ1v) is 36.6. The molecule has 5 N–H and O–H groups in total. The van der Waals surface area contributed by atoms with Gasteiger partial charge < -0.3 is 48.6 Å². The summed E-state index contributed by atoms with van der Waals surface area (Å²) in [4.78, 5) is 45.5. The molecule has 5 aromatic heterocycles. The lowest BCUT2D eigenvalue weighted by molar-refractivity contribution is 0.0856. The molecule has 0 bridgehead atoms. The molecule has 1 aliphatic carbocycles. The fraction of sp³-hybridized carbons (Fsp3) is 0.309. The number of hydrogen-bond acceptors (Lipinski definition) is 9. The molecule has 1 fully saturated rings. The quantitative estimate of drug-likeness (QED) is 0.0944. The van der Waals surface area contributed by atoms with E-state index in [1.807, 2.05) is 96.8 Å². The third-order valence-corrected chi connectivity index (χ3v) is 21.6. The molecule has 12 aromatic rings. The smallest absolute Gasteiger partial charge is 0.410 e. The predicted octanol–water partition coefficient (Wildman–Crippen LogP) is 20.1. The van der Waals surface area contributed by atoms with Crippen LogP contribution in [0.1, 0.15) is 138 Å². The second-order valence-electron chi connectivity index (χ2n) is 26.7. The number of carbonyl (C=O) groups excluding carboxylic acids is 2. The van der Waals surface area contributed by atoms with E-state index in [1.54, 1.807) is 42.4 Å². The zero-order valence-electron chi connectivity index (χ0n) is 56.3. The minimum Gasteiger partial charge on any atom is -0.468 e. The van der Waals surface area contributed by atoms with Gasteiger partial charge in [-0.25, -0.2) is 14.0 Å². The summed E-state index contributed by atoms with van der Waals surface area (Å²) in [5.74, 6) is 3.15. The van der Waals surface area contributed by atoms with Crippen LogP contribution in [0.5, 0.6) is 11.5 Å². The molecule has 4 unspecified atom stereocenters. The highest BCUT2D eigenvalue weighted by Gasteiger charge is 2.39. The number of halogens is 5. The van der Waals surface area contributed by atoms with Gasteiger partial charge in [0, 0.05) is 113 Å². The molecular weight excluding hydrogens is 1360 g/mol. The number of aromatic amines is 4. The number of hydrogen-bond donors (Lipinski definition) is 5. The van der Waals surface area contributed by atoms with Crippen LogP contribution in [0, 0.1) is 11.7 Å². The van der Waals surface area contributed by atoms with E-state index >= 15 is 0 Å². The Kier molecular flexibility index (Phi) is 20.2.